The molecule has 8 heteroatoms. The van der Waals surface area contributed by atoms with Crippen LogP contribution >= 0.6 is 15.9 Å². The summed E-state index contributed by atoms with van der Waals surface area (Å²) in [6.45, 7) is 1.93. The number of hydrogen-bond donors (Lipinski definition) is 2. The van der Waals surface area contributed by atoms with Crippen LogP contribution < -0.4 is 10.1 Å². The highest BCUT2D eigenvalue weighted by Gasteiger charge is 2.52. The van der Waals surface area contributed by atoms with Crippen LogP contribution in [0.2, 0.25) is 0 Å². The molecular weight excluding hydrogens is 582 g/mol. The predicted octanol–water partition coefficient (Wildman–Crippen LogP) is 5.64. The fourth-order valence-electron chi connectivity index (χ4n) is 4.64. The summed E-state index contributed by atoms with van der Waals surface area (Å²) in [6.07, 6.45) is 5.15. The first kappa shape index (κ1) is 30.5. The maximum absolute atomic E-state index is 14.1. The molecule has 216 valence electrons. The number of aliphatic imine (C=N–C) groups is 1. The van der Waals surface area contributed by atoms with E-state index >= 15 is 0 Å². The summed E-state index contributed by atoms with van der Waals surface area (Å²) < 4.78 is 13.2. The number of carbonyl (C=O) groups excluding carboxylic acids is 1. The van der Waals surface area contributed by atoms with Crippen molar-refractivity contribution in [3.05, 3.63) is 106 Å². The number of halogens is 1. The molecular formula is C33H38BrN3O4. The Morgan fingerprint density at radius 1 is 1.07 bits per heavy atom. The van der Waals surface area contributed by atoms with Gasteiger partial charge in [0, 0.05) is 36.0 Å². The van der Waals surface area contributed by atoms with Gasteiger partial charge >= 0.3 is 0 Å². The molecule has 3 aromatic rings. The fraction of sp³-hybridized carbons (Fsp3) is 0.333. The van der Waals surface area contributed by atoms with Gasteiger partial charge in [0.25, 0.3) is 5.91 Å². The summed E-state index contributed by atoms with van der Waals surface area (Å²) in [6, 6.07) is 25.3. The van der Waals surface area contributed by atoms with Crippen molar-refractivity contribution >= 4 is 33.8 Å². The first-order valence-corrected chi connectivity index (χ1v) is 14.7. The van der Waals surface area contributed by atoms with Crippen molar-refractivity contribution in [3.8, 4) is 5.75 Å². The van der Waals surface area contributed by atoms with Gasteiger partial charge in [0.1, 0.15) is 5.75 Å². The molecule has 0 fully saturated rings. The van der Waals surface area contributed by atoms with Crippen LogP contribution in [0.1, 0.15) is 42.1 Å². The standard InChI is InChI=1S/C33H38BrN3O4/c1-37(2)22-7-21-35-32(39)33(20-6-11-25-9-4-3-5-10-25)30(26-12-16-28(34)17-13-26)41-31(36-33)27-14-18-29(19-15-27)40-24-8-23-38/h3-6,9-19,30,38H,7-8,20-24H2,1-2H3,(H,35,39)/b11-6+/t30-,33-/m1/s1. The van der Waals surface area contributed by atoms with Gasteiger partial charge in [-0.3, -0.25) is 4.79 Å². The first-order chi connectivity index (χ1) is 19.9. The lowest BCUT2D eigenvalue weighted by atomic mass is 9.84. The van der Waals surface area contributed by atoms with Gasteiger partial charge in [-0.05, 0) is 74.6 Å². The van der Waals surface area contributed by atoms with E-state index in [1.54, 1.807) is 0 Å². The maximum Gasteiger partial charge on any atom is 0.252 e. The van der Waals surface area contributed by atoms with Crippen LogP contribution in [0.3, 0.4) is 0 Å². The topological polar surface area (TPSA) is 83.4 Å². The first-order valence-electron chi connectivity index (χ1n) is 13.9. The van der Waals surface area contributed by atoms with E-state index < -0.39 is 11.6 Å². The molecule has 0 spiro atoms. The number of amides is 1. The molecule has 0 radical (unpaired) electrons. The van der Waals surface area contributed by atoms with Gasteiger partial charge in [-0.25, -0.2) is 4.99 Å². The van der Waals surface area contributed by atoms with Crippen molar-refractivity contribution in [2.24, 2.45) is 4.99 Å². The summed E-state index contributed by atoms with van der Waals surface area (Å²) >= 11 is 3.52. The smallest absolute Gasteiger partial charge is 0.252 e. The summed E-state index contributed by atoms with van der Waals surface area (Å²) in [5.41, 5.74) is 1.47. The van der Waals surface area contributed by atoms with Crippen LogP contribution in [0.5, 0.6) is 5.75 Å². The van der Waals surface area contributed by atoms with Gasteiger partial charge in [-0.1, -0.05) is 70.5 Å². The number of aliphatic hydroxyl groups excluding tert-OH is 1. The zero-order chi connectivity index (χ0) is 29.1. The second kappa shape index (κ2) is 15.0. The van der Waals surface area contributed by atoms with Gasteiger partial charge in [-0.2, -0.15) is 0 Å². The molecule has 3 aromatic carbocycles. The van der Waals surface area contributed by atoms with Crippen molar-refractivity contribution in [2.45, 2.75) is 30.9 Å². The molecule has 0 bridgehead atoms. The quantitative estimate of drug-likeness (QED) is 0.228. The highest BCUT2D eigenvalue weighted by molar-refractivity contribution is 9.10. The number of rotatable bonds is 14. The lowest BCUT2D eigenvalue weighted by Gasteiger charge is -2.30. The van der Waals surface area contributed by atoms with Crippen molar-refractivity contribution in [3.63, 3.8) is 0 Å². The van der Waals surface area contributed by atoms with Gasteiger partial charge in [-0.15, -0.1) is 0 Å². The molecule has 0 aromatic heterocycles. The molecule has 0 aliphatic carbocycles. The van der Waals surface area contributed by atoms with Crippen molar-refractivity contribution < 1.29 is 19.4 Å². The molecule has 1 aliphatic rings. The number of carbonyl (C=O) groups is 1. The number of ether oxygens (including phenoxy) is 2. The molecule has 2 atom stereocenters. The molecule has 1 aliphatic heterocycles. The largest absolute Gasteiger partial charge is 0.494 e. The number of nitrogens with zero attached hydrogens (tertiary/aromatic N) is 2. The molecule has 7 nitrogen and oxygen atoms in total. The van der Waals surface area contributed by atoms with Crippen molar-refractivity contribution in [1.82, 2.24) is 10.2 Å². The lowest BCUT2D eigenvalue weighted by Crippen LogP contribution is -2.48. The minimum atomic E-state index is -1.21. The normalized spacial score (nSPS) is 18.4. The Hall–Kier alpha value is -3.46. The highest BCUT2D eigenvalue weighted by Crippen LogP contribution is 2.43. The Kier molecular flexibility index (Phi) is 11.1. The summed E-state index contributed by atoms with van der Waals surface area (Å²) in [5, 5.41) is 12.2. The van der Waals surface area contributed by atoms with Crippen LogP contribution in [-0.4, -0.2) is 67.7 Å². The molecule has 4 rings (SSSR count). The number of aliphatic hydroxyl groups is 1. The van der Waals surface area contributed by atoms with Gasteiger partial charge in [0.2, 0.25) is 5.90 Å². The summed E-state index contributed by atoms with van der Waals surface area (Å²) in [4.78, 5) is 21.2. The van der Waals surface area contributed by atoms with E-state index in [2.05, 4.69) is 26.1 Å². The van der Waals surface area contributed by atoms with Crippen molar-refractivity contribution in [2.75, 3.05) is 40.4 Å². The number of benzene rings is 3. The van der Waals surface area contributed by atoms with Crippen LogP contribution in [0, 0.1) is 0 Å². The Bertz CT molecular complexity index is 1310. The molecule has 1 heterocycles. The second-order valence-electron chi connectivity index (χ2n) is 10.3. The Balaban J connectivity index is 1.69. The molecule has 41 heavy (non-hydrogen) atoms. The SMILES string of the molecule is CN(C)CCCNC(=O)[C@]1(C/C=C/c2ccccc2)N=C(c2ccc(OCCCO)cc2)O[C@@H]1c1ccc(Br)cc1. The Labute approximate surface area is 251 Å². The van der Waals surface area contributed by atoms with E-state index in [0.717, 1.165) is 34.1 Å². The van der Waals surface area contributed by atoms with E-state index in [1.807, 2.05) is 105 Å². The van der Waals surface area contributed by atoms with E-state index in [-0.39, 0.29) is 12.5 Å². The third-order valence-electron chi connectivity index (χ3n) is 6.81. The van der Waals surface area contributed by atoms with Gasteiger partial charge in [0.05, 0.1) is 6.61 Å². The molecule has 2 N–H and O–H groups in total. The van der Waals surface area contributed by atoms with Gasteiger partial charge in [0.15, 0.2) is 11.6 Å². The lowest BCUT2D eigenvalue weighted by molar-refractivity contribution is -0.128. The maximum atomic E-state index is 14.1. The van der Waals surface area contributed by atoms with Crippen molar-refractivity contribution in [1.29, 1.82) is 0 Å². The second-order valence-corrected chi connectivity index (χ2v) is 11.2. The zero-order valence-electron chi connectivity index (χ0n) is 23.6. The highest BCUT2D eigenvalue weighted by atomic mass is 79.9. The Morgan fingerprint density at radius 2 is 1.80 bits per heavy atom. The van der Waals surface area contributed by atoms with Crippen LogP contribution in [0.4, 0.5) is 0 Å². The fourth-order valence-corrected chi connectivity index (χ4v) is 4.91. The predicted molar refractivity (Wildman–Crippen MR) is 167 cm³/mol. The molecule has 0 saturated carbocycles. The monoisotopic (exact) mass is 619 g/mol. The van der Waals surface area contributed by atoms with Crippen LogP contribution in [0.25, 0.3) is 6.08 Å². The minimum absolute atomic E-state index is 0.0815. The minimum Gasteiger partial charge on any atom is -0.494 e. The summed E-state index contributed by atoms with van der Waals surface area (Å²) in [7, 11) is 4.04. The van der Waals surface area contributed by atoms with Crippen LogP contribution in [0.15, 0.2) is 94.4 Å². The number of hydrogen-bond acceptors (Lipinski definition) is 6. The van der Waals surface area contributed by atoms with Gasteiger partial charge < -0.3 is 24.8 Å². The molecule has 0 saturated heterocycles. The molecule has 1 amide bonds. The molecule has 0 unspecified atom stereocenters. The average Bonchev–Trinajstić information content (AvgIpc) is 3.37. The van der Waals surface area contributed by atoms with Crippen LogP contribution in [-0.2, 0) is 9.53 Å². The Morgan fingerprint density at radius 3 is 2.49 bits per heavy atom. The zero-order valence-corrected chi connectivity index (χ0v) is 25.2. The van der Waals surface area contributed by atoms with E-state index in [4.69, 9.17) is 19.6 Å². The average molecular weight is 621 g/mol. The third-order valence-corrected chi connectivity index (χ3v) is 7.34. The third kappa shape index (κ3) is 8.28. The number of nitrogens with one attached hydrogen (secondary N) is 1. The van der Waals surface area contributed by atoms with E-state index in [1.165, 1.54) is 0 Å². The van der Waals surface area contributed by atoms with E-state index in [9.17, 15) is 4.79 Å². The summed E-state index contributed by atoms with van der Waals surface area (Å²) in [5.74, 6) is 0.943. The van der Waals surface area contributed by atoms with E-state index in [0.29, 0.717) is 37.6 Å².